The van der Waals surface area contributed by atoms with Crippen LogP contribution in [0.15, 0.2) is 23.1 Å². The molecule has 2 rings (SSSR count). The van der Waals surface area contributed by atoms with Gasteiger partial charge in [-0.1, -0.05) is 11.6 Å². The van der Waals surface area contributed by atoms with Gasteiger partial charge in [0.05, 0.1) is 21.3 Å². The van der Waals surface area contributed by atoms with Crippen molar-refractivity contribution >= 4 is 31.3 Å². The van der Waals surface area contributed by atoms with Gasteiger partial charge in [-0.05, 0) is 37.6 Å². The molecule has 0 bridgehead atoms. The Morgan fingerprint density at radius 3 is 2.48 bits per heavy atom. The SMILES string of the molecule is Cc1cc(S(=O)(=O)Cl)ccc1OCc1c(Cl)c(C)nn1C. The lowest BCUT2D eigenvalue weighted by Gasteiger charge is -2.10. The van der Waals surface area contributed by atoms with Gasteiger partial charge in [-0.15, -0.1) is 0 Å². The molecule has 0 fully saturated rings. The highest BCUT2D eigenvalue weighted by Crippen LogP contribution is 2.26. The largest absolute Gasteiger partial charge is 0.487 e. The third-order valence-corrected chi connectivity index (χ3v) is 4.90. The molecule has 0 aliphatic carbocycles. The van der Waals surface area contributed by atoms with Gasteiger partial charge < -0.3 is 4.74 Å². The highest BCUT2D eigenvalue weighted by atomic mass is 35.7. The summed E-state index contributed by atoms with van der Waals surface area (Å²) in [5.41, 5.74) is 2.16. The number of nitrogens with zero attached hydrogens (tertiary/aromatic N) is 2. The molecule has 0 unspecified atom stereocenters. The van der Waals surface area contributed by atoms with Crippen LogP contribution in [0, 0.1) is 13.8 Å². The zero-order valence-electron chi connectivity index (χ0n) is 11.7. The van der Waals surface area contributed by atoms with Crippen LogP contribution < -0.4 is 4.74 Å². The Hall–Kier alpha value is -1.24. The quantitative estimate of drug-likeness (QED) is 0.796. The fourth-order valence-electron chi connectivity index (χ4n) is 1.92. The monoisotopic (exact) mass is 348 g/mol. The second kappa shape index (κ2) is 5.87. The van der Waals surface area contributed by atoms with Crippen molar-refractivity contribution in [1.82, 2.24) is 9.78 Å². The van der Waals surface area contributed by atoms with Crippen molar-refractivity contribution < 1.29 is 13.2 Å². The van der Waals surface area contributed by atoms with Crippen molar-refractivity contribution in [1.29, 1.82) is 0 Å². The Kier molecular flexibility index (Phi) is 4.51. The first-order valence-corrected chi connectivity index (χ1v) is 8.75. The summed E-state index contributed by atoms with van der Waals surface area (Å²) in [7, 11) is 3.35. The van der Waals surface area contributed by atoms with Gasteiger partial charge in [-0.3, -0.25) is 4.68 Å². The third-order valence-electron chi connectivity index (χ3n) is 3.05. The summed E-state index contributed by atoms with van der Waals surface area (Å²) >= 11 is 6.15. The molecule has 0 N–H and O–H groups in total. The Balaban J connectivity index is 2.21. The number of aryl methyl sites for hydroxylation is 3. The van der Waals surface area contributed by atoms with Crippen molar-refractivity contribution in [2.75, 3.05) is 0 Å². The number of hydrogen-bond acceptors (Lipinski definition) is 4. The predicted octanol–water partition coefficient (Wildman–Crippen LogP) is 3.20. The molecule has 0 saturated carbocycles. The zero-order valence-corrected chi connectivity index (χ0v) is 14.1. The lowest BCUT2D eigenvalue weighted by Crippen LogP contribution is -2.04. The van der Waals surface area contributed by atoms with Crippen LogP contribution in [0.1, 0.15) is 17.0 Å². The summed E-state index contributed by atoms with van der Waals surface area (Å²) in [6.07, 6.45) is 0. The average molecular weight is 349 g/mol. The summed E-state index contributed by atoms with van der Waals surface area (Å²) < 4.78 is 29.9. The van der Waals surface area contributed by atoms with Crippen molar-refractivity contribution in [3.63, 3.8) is 0 Å². The first-order chi connectivity index (χ1) is 9.70. The minimum atomic E-state index is -3.74. The molecule has 5 nitrogen and oxygen atoms in total. The molecule has 1 aromatic heterocycles. The maximum Gasteiger partial charge on any atom is 0.261 e. The molecule has 1 heterocycles. The maximum absolute atomic E-state index is 11.3. The fraction of sp³-hybridized carbons (Fsp3) is 0.308. The second-order valence-corrected chi connectivity index (χ2v) is 7.57. The summed E-state index contributed by atoms with van der Waals surface area (Å²) in [5.74, 6) is 0.564. The van der Waals surface area contributed by atoms with E-state index >= 15 is 0 Å². The van der Waals surface area contributed by atoms with Gasteiger partial charge in [-0.2, -0.15) is 5.10 Å². The molecule has 0 atom stereocenters. The first-order valence-electron chi connectivity index (χ1n) is 6.06. The number of ether oxygens (including phenoxy) is 1. The molecule has 114 valence electrons. The summed E-state index contributed by atoms with van der Waals surface area (Å²) in [6.45, 7) is 3.80. The number of halogens is 2. The van der Waals surface area contributed by atoms with Crippen LogP contribution in [0.2, 0.25) is 5.02 Å². The Morgan fingerprint density at radius 2 is 2.00 bits per heavy atom. The molecule has 21 heavy (non-hydrogen) atoms. The van der Waals surface area contributed by atoms with E-state index in [2.05, 4.69) is 5.10 Å². The highest BCUT2D eigenvalue weighted by Gasteiger charge is 2.14. The molecule has 0 radical (unpaired) electrons. The molecular weight excluding hydrogens is 335 g/mol. The van der Waals surface area contributed by atoms with Crippen molar-refractivity contribution in [2.24, 2.45) is 7.05 Å². The van der Waals surface area contributed by atoms with E-state index in [1.54, 1.807) is 24.7 Å². The van der Waals surface area contributed by atoms with E-state index in [4.69, 9.17) is 27.0 Å². The number of hydrogen-bond donors (Lipinski definition) is 0. The molecule has 0 spiro atoms. The van der Waals surface area contributed by atoms with Crippen LogP contribution in [0.25, 0.3) is 0 Å². The van der Waals surface area contributed by atoms with E-state index < -0.39 is 9.05 Å². The van der Waals surface area contributed by atoms with Crippen LogP contribution in [0.4, 0.5) is 0 Å². The van der Waals surface area contributed by atoms with Crippen LogP contribution in [-0.2, 0) is 22.7 Å². The molecule has 0 amide bonds. The molecule has 0 saturated heterocycles. The molecule has 0 aliphatic rings. The zero-order chi connectivity index (χ0) is 15.8. The highest BCUT2D eigenvalue weighted by molar-refractivity contribution is 8.13. The topological polar surface area (TPSA) is 61.2 Å². The van der Waals surface area contributed by atoms with E-state index in [0.29, 0.717) is 16.3 Å². The van der Waals surface area contributed by atoms with Gasteiger partial charge in [0.1, 0.15) is 12.4 Å². The fourth-order valence-corrected chi connectivity index (χ4v) is 2.97. The maximum atomic E-state index is 11.3. The normalized spacial score (nSPS) is 11.7. The van der Waals surface area contributed by atoms with Crippen molar-refractivity contribution in [3.05, 3.63) is 40.2 Å². The minimum Gasteiger partial charge on any atom is -0.487 e. The second-order valence-electron chi connectivity index (χ2n) is 4.62. The Labute approximate surface area is 132 Å². The Bertz CT molecular complexity index is 785. The van der Waals surface area contributed by atoms with Crippen LogP contribution in [0.3, 0.4) is 0 Å². The van der Waals surface area contributed by atoms with E-state index in [-0.39, 0.29) is 11.5 Å². The van der Waals surface area contributed by atoms with Crippen molar-refractivity contribution in [3.8, 4) is 5.75 Å². The van der Waals surface area contributed by atoms with Crippen molar-refractivity contribution in [2.45, 2.75) is 25.3 Å². The summed E-state index contributed by atoms with van der Waals surface area (Å²) in [6, 6.07) is 4.44. The van der Waals surface area contributed by atoms with E-state index in [9.17, 15) is 8.42 Å². The van der Waals surface area contributed by atoms with Gasteiger partial charge in [0, 0.05) is 17.7 Å². The van der Waals surface area contributed by atoms with E-state index in [1.165, 1.54) is 12.1 Å². The van der Waals surface area contributed by atoms with Crippen LogP contribution in [-0.4, -0.2) is 18.2 Å². The minimum absolute atomic E-state index is 0.0448. The molecular formula is C13H14Cl2N2O3S. The van der Waals surface area contributed by atoms with E-state index in [1.807, 2.05) is 6.92 Å². The number of aromatic nitrogens is 2. The van der Waals surface area contributed by atoms with Crippen LogP contribution in [0.5, 0.6) is 5.75 Å². The molecule has 8 heteroatoms. The van der Waals surface area contributed by atoms with Crippen LogP contribution >= 0.6 is 22.3 Å². The smallest absolute Gasteiger partial charge is 0.261 e. The summed E-state index contributed by atoms with van der Waals surface area (Å²) in [4.78, 5) is 0.0448. The molecule has 0 aliphatic heterocycles. The van der Waals surface area contributed by atoms with E-state index in [0.717, 1.165) is 11.4 Å². The lowest BCUT2D eigenvalue weighted by atomic mass is 10.2. The Morgan fingerprint density at radius 1 is 1.33 bits per heavy atom. The average Bonchev–Trinajstić information content (AvgIpc) is 2.61. The first kappa shape index (κ1) is 16.1. The number of rotatable bonds is 4. The number of benzene rings is 1. The van der Waals surface area contributed by atoms with Gasteiger partial charge in [0.2, 0.25) is 0 Å². The molecule has 1 aromatic carbocycles. The lowest BCUT2D eigenvalue weighted by molar-refractivity contribution is 0.293. The summed E-state index contributed by atoms with van der Waals surface area (Å²) in [5, 5.41) is 4.76. The van der Waals surface area contributed by atoms with Gasteiger partial charge >= 0.3 is 0 Å². The van der Waals surface area contributed by atoms with Gasteiger partial charge in [-0.25, -0.2) is 8.42 Å². The molecule has 2 aromatic rings. The van der Waals surface area contributed by atoms with Gasteiger partial charge in [0.15, 0.2) is 0 Å². The third kappa shape index (κ3) is 3.51. The standard InChI is InChI=1S/C13H14Cl2N2O3S/c1-8-6-10(21(15,18)19)4-5-12(8)20-7-11-13(14)9(2)16-17(11)3/h4-6H,7H2,1-3H3. The van der Waals surface area contributed by atoms with Gasteiger partial charge in [0.25, 0.3) is 9.05 Å². The predicted molar refractivity (Wildman–Crippen MR) is 81.5 cm³/mol.